The topological polar surface area (TPSA) is 77.9 Å². The van der Waals surface area contributed by atoms with Gasteiger partial charge in [0.05, 0.1) is 11.4 Å². The molecule has 3 rings (SSSR count). The Kier molecular flexibility index (Phi) is 3.45. The molecule has 3 N–H and O–H groups in total. The van der Waals surface area contributed by atoms with Gasteiger partial charge in [-0.3, -0.25) is 9.48 Å². The Hall–Kier alpha value is -2.24. The quantitative estimate of drug-likeness (QED) is 0.877. The second kappa shape index (κ2) is 5.27. The minimum atomic E-state index is -0.0792. The summed E-state index contributed by atoms with van der Waals surface area (Å²) in [5.41, 5.74) is 9.20. The molecule has 0 unspecified atom stereocenters. The molecular weight excluding hydrogens is 266 g/mol. The highest BCUT2D eigenvalue weighted by atomic mass is 16.1. The number of carbonyl (C=O) groups is 1. The zero-order valence-electron chi connectivity index (χ0n) is 12.5. The van der Waals surface area contributed by atoms with Crippen LogP contribution in [0.25, 0.3) is 0 Å². The average molecular weight is 287 g/mol. The molecule has 0 atom stereocenters. The Morgan fingerprint density at radius 3 is 2.90 bits per heavy atom. The van der Waals surface area contributed by atoms with Crippen LogP contribution in [0.1, 0.15) is 47.6 Å². The van der Waals surface area contributed by atoms with Crippen LogP contribution in [0.5, 0.6) is 0 Å². The normalized spacial score (nSPS) is 14.4. The van der Waals surface area contributed by atoms with Crippen LogP contribution in [0, 0.1) is 0 Å². The first-order valence-corrected chi connectivity index (χ1v) is 7.35. The number of hydrogen-bond acceptors (Lipinski definition) is 3. The SMILES string of the molecule is CCc1nn(C)cc1CNC(=O)c1cc(N)cn1C1CC1. The summed E-state index contributed by atoms with van der Waals surface area (Å²) >= 11 is 0. The van der Waals surface area contributed by atoms with E-state index >= 15 is 0 Å². The second-order valence-electron chi connectivity index (χ2n) is 5.61. The molecule has 2 aromatic heterocycles. The molecule has 2 heterocycles. The van der Waals surface area contributed by atoms with Crippen LogP contribution in [0.3, 0.4) is 0 Å². The number of amides is 1. The largest absolute Gasteiger partial charge is 0.397 e. The summed E-state index contributed by atoms with van der Waals surface area (Å²) in [4.78, 5) is 12.4. The molecule has 6 heteroatoms. The summed E-state index contributed by atoms with van der Waals surface area (Å²) in [6.45, 7) is 2.55. The first kappa shape index (κ1) is 13.7. The van der Waals surface area contributed by atoms with E-state index in [0.717, 1.165) is 30.5 Å². The third-order valence-corrected chi connectivity index (χ3v) is 3.81. The molecule has 112 valence electrons. The number of aryl methyl sites for hydroxylation is 2. The van der Waals surface area contributed by atoms with Gasteiger partial charge in [0.1, 0.15) is 5.69 Å². The van der Waals surface area contributed by atoms with Crippen molar-refractivity contribution in [2.75, 3.05) is 5.73 Å². The fraction of sp³-hybridized carbons (Fsp3) is 0.467. The molecule has 1 fully saturated rings. The van der Waals surface area contributed by atoms with Crippen molar-refractivity contribution in [2.24, 2.45) is 7.05 Å². The van der Waals surface area contributed by atoms with Crippen molar-refractivity contribution in [3.8, 4) is 0 Å². The lowest BCUT2D eigenvalue weighted by molar-refractivity contribution is 0.0941. The number of nitrogens with one attached hydrogen (secondary N) is 1. The van der Waals surface area contributed by atoms with Crippen molar-refractivity contribution < 1.29 is 4.79 Å². The van der Waals surface area contributed by atoms with Crippen LogP contribution in [-0.4, -0.2) is 20.3 Å². The average Bonchev–Trinajstić information content (AvgIpc) is 3.13. The Morgan fingerprint density at radius 2 is 2.24 bits per heavy atom. The van der Waals surface area contributed by atoms with Crippen LogP contribution < -0.4 is 11.1 Å². The van der Waals surface area contributed by atoms with Gasteiger partial charge in [-0.05, 0) is 25.3 Å². The zero-order valence-corrected chi connectivity index (χ0v) is 12.5. The Balaban J connectivity index is 1.71. The zero-order chi connectivity index (χ0) is 15.0. The van der Waals surface area contributed by atoms with E-state index in [9.17, 15) is 4.79 Å². The van der Waals surface area contributed by atoms with Crippen LogP contribution in [0.2, 0.25) is 0 Å². The summed E-state index contributed by atoms with van der Waals surface area (Å²) in [5.74, 6) is -0.0792. The molecule has 1 saturated carbocycles. The maximum Gasteiger partial charge on any atom is 0.268 e. The van der Waals surface area contributed by atoms with Crippen molar-refractivity contribution in [2.45, 2.75) is 38.8 Å². The van der Waals surface area contributed by atoms with Crippen LogP contribution in [0.4, 0.5) is 5.69 Å². The number of nitrogen functional groups attached to an aromatic ring is 1. The third-order valence-electron chi connectivity index (χ3n) is 3.81. The van der Waals surface area contributed by atoms with Crippen LogP contribution >= 0.6 is 0 Å². The molecule has 0 saturated heterocycles. The Morgan fingerprint density at radius 1 is 1.48 bits per heavy atom. The van der Waals surface area contributed by atoms with Crippen LogP contribution in [-0.2, 0) is 20.0 Å². The lowest BCUT2D eigenvalue weighted by Crippen LogP contribution is -2.25. The Bertz CT molecular complexity index is 666. The molecule has 2 aromatic rings. The number of nitrogens with zero attached hydrogens (tertiary/aromatic N) is 3. The highest BCUT2D eigenvalue weighted by Crippen LogP contribution is 2.37. The number of rotatable bonds is 5. The first-order chi connectivity index (χ1) is 10.1. The van der Waals surface area contributed by atoms with E-state index in [0.29, 0.717) is 24.0 Å². The van der Waals surface area contributed by atoms with E-state index in [1.165, 1.54) is 0 Å². The van der Waals surface area contributed by atoms with Crippen molar-refractivity contribution in [1.82, 2.24) is 19.7 Å². The Labute approximate surface area is 123 Å². The molecule has 1 aliphatic rings. The first-order valence-electron chi connectivity index (χ1n) is 7.35. The maximum atomic E-state index is 12.4. The standard InChI is InChI=1S/C15H21N5O/c1-3-13-10(8-19(2)18-13)7-17-15(21)14-6-11(16)9-20(14)12-4-5-12/h6,8-9,12H,3-5,7,16H2,1-2H3,(H,17,21). The van der Waals surface area contributed by atoms with Gasteiger partial charge >= 0.3 is 0 Å². The van der Waals surface area contributed by atoms with E-state index in [1.54, 1.807) is 10.7 Å². The molecule has 0 bridgehead atoms. The van der Waals surface area contributed by atoms with Crippen molar-refractivity contribution >= 4 is 11.6 Å². The van der Waals surface area contributed by atoms with Gasteiger partial charge in [-0.1, -0.05) is 6.92 Å². The maximum absolute atomic E-state index is 12.4. The summed E-state index contributed by atoms with van der Waals surface area (Å²) in [7, 11) is 1.89. The molecule has 6 nitrogen and oxygen atoms in total. The summed E-state index contributed by atoms with van der Waals surface area (Å²) < 4.78 is 3.78. The van der Waals surface area contributed by atoms with Gasteiger partial charge in [0.2, 0.25) is 0 Å². The fourth-order valence-corrected chi connectivity index (χ4v) is 2.63. The minimum Gasteiger partial charge on any atom is -0.397 e. The van der Waals surface area contributed by atoms with Crippen molar-refractivity contribution in [3.63, 3.8) is 0 Å². The number of aromatic nitrogens is 3. The minimum absolute atomic E-state index is 0.0792. The molecule has 0 radical (unpaired) electrons. The van der Waals surface area contributed by atoms with E-state index < -0.39 is 0 Å². The molecule has 1 aliphatic carbocycles. The molecule has 1 amide bonds. The summed E-state index contributed by atoms with van der Waals surface area (Å²) in [6.07, 6.45) is 6.91. The number of hydrogen-bond donors (Lipinski definition) is 2. The predicted molar refractivity (Wildman–Crippen MR) is 80.9 cm³/mol. The predicted octanol–water partition coefficient (Wildman–Crippen LogP) is 1.63. The molecule has 0 aliphatic heterocycles. The number of nitrogens with two attached hydrogens (primary N) is 1. The molecule has 21 heavy (non-hydrogen) atoms. The van der Waals surface area contributed by atoms with Gasteiger partial charge in [-0.25, -0.2) is 0 Å². The lowest BCUT2D eigenvalue weighted by atomic mass is 10.2. The van der Waals surface area contributed by atoms with Gasteiger partial charge in [0, 0.05) is 37.6 Å². The monoisotopic (exact) mass is 287 g/mol. The van der Waals surface area contributed by atoms with E-state index in [-0.39, 0.29) is 5.91 Å². The lowest BCUT2D eigenvalue weighted by Gasteiger charge is -2.08. The van der Waals surface area contributed by atoms with E-state index in [4.69, 9.17) is 5.73 Å². The van der Waals surface area contributed by atoms with Gasteiger partial charge in [0.25, 0.3) is 5.91 Å². The van der Waals surface area contributed by atoms with E-state index in [1.807, 2.05) is 24.0 Å². The number of carbonyl (C=O) groups excluding carboxylic acids is 1. The van der Waals surface area contributed by atoms with Crippen molar-refractivity contribution in [1.29, 1.82) is 0 Å². The number of anilines is 1. The van der Waals surface area contributed by atoms with Gasteiger partial charge in [0.15, 0.2) is 0 Å². The van der Waals surface area contributed by atoms with Crippen molar-refractivity contribution in [3.05, 3.63) is 35.4 Å². The smallest absolute Gasteiger partial charge is 0.268 e. The third kappa shape index (κ3) is 2.79. The molecular formula is C15H21N5O. The highest BCUT2D eigenvalue weighted by molar-refractivity contribution is 5.93. The molecule has 0 aromatic carbocycles. The fourth-order valence-electron chi connectivity index (χ4n) is 2.63. The van der Waals surface area contributed by atoms with Crippen LogP contribution in [0.15, 0.2) is 18.5 Å². The van der Waals surface area contributed by atoms with E-state index in [2.05, 4.69) is 17.3 Å². The van der Waals surface area contributed by atoms with Gasteiger partial charge in [-0.15, -0.1) is 0 Å². The molecule has 0 spiro atoms. The highest BCUT2D eigenvalue weighted by Gasteiger charge is 2.27. The van der Waals surface area contributed by atoms with Gasteiger partial charge < -0.3 is 15.6 Å². The summed E-state index contributed by atoms with van der Waals surface area (Å²) in [5, 5.41) is 7.35. The second-order valence-corrected chi connectivity index (χ2v) is 5.61. The van der Waals surface area contributed by atoms with Gasteiger partial charge in [-0.2, -0.15) is 5.10 Å². The summed E-state index contributed by atoms with van der Waals surface area (Å²) in [6, 6.07) is 2.19.